The number of amides is 1. The van der Waals surface area contributed by atoms with Crippen molar-refractivity contribution in [3.63, 3.8) is 0 Å². The quantitative estimate of drug-likeness (QED) is 0.316. The van der Waals surface area contributed by atoms with Gasteiger partial charge >= 0.3 is 11.9 Å². The fourth-order valence-electron chi connectivity index (χ4n) is 2.35. The molecule has 28 heavy (non-hydrogen) atoms. The standard InChI is InChI=1S/C19H19N3O6/c20-17(21)12-3-5-13(6-4-12)18(25)22-15(19(26)27)9-11-1-7-14(8-2-11)28-10-16(23)24/h1-8,15H,9-10H2,(H3,20,21)(H,22,25)(H,23,24)(H,26,27)/t15-/m1/s1. The van der Waals surface area contributed by atoms with Gasteiger partial charge in [-0.25, -0.2) is 9.59 Å². The van der Waals surface area contributed by atoms with E-state index >= 15 is 0 Å². The van der Waals surface area contributed by atoms with E-state index in [9.17, 15) is 19.5 Å². The maximum Gasteiger partial charge on any atom is 0.341 e. The summed E-state index contributed by atoms with van der Waals surface area (Å²) in [5.41, 5.74) is 6.68. The average Bonchev–Trinajstić information content (AvgIpc) is 2.66. The van der Waals surface area contributed by atoms with Gasteiger partial charge in [-0.3, -0.25) is 10.2 Å². The van der Waals surface area contributed by atoms with Crippen LogP contribution in [0.5, 0.6) is 5.75 Å². The van der Waals surface area contributed by atoms with Gasteiger partial charge in [0.1, 0.15) is 17.6 Å². The fraction of sp³-hybridized carbons (Fsp3) is 0.158. The van der Waals surface area contributed by atoms with E-state index < -0.39 is 30.5 Å². The van der Waals surface area contributed by atoms with E-state index in [1.54, 1.807) is 12.1 Å². The topological polar surface area (TPSA) is 163 Å². The summed E-state index contributed by atoms with van der Waals surface area (Å²) >= 11 is 0. The highest BCUT2D eigenvalue weighted by Crippen LogP contribution is 2.14. The molecule has 2 aromatic carbocycles. The lowest BCUT2D eigenvalue weighted by molar-refractivity contribution is -0.140. The van der Waals surface area contributed by atoms with Crippen LogP contribution in [0.2, 0.25) is 0 Å². The van der Waals surface area contributed by atoms with Crippen LogP contribution in [-0.2, 0) is 16.0 Å². The van der Waals surface area contributed by atoms with E-state index in [4.69, 9.17) is 21.0 Å². The second kappa shape index (κ2) is 9.17. The van der Waals surface area contributed by atoms with Gasteiger partial charge in [0.15, 0.2) is 6.61 Å². The van der Waals surface area contributed by atoms with Crippen LogP contribution in [-0.4, -0.2) is 46.5 Å². The number of benzene rings is 2. The number of carbonyl (C=O) groups excluding carboxylic acids is 1. The van der Waals surface area contributed by atoms with Gasteiger partial charge in [0.05, 0.1) is 0 Å². The molecule has 0 aromatic heterocycles. The third kappa shape index (κ3) is 5.84. The summed E-state index contributed by atoms with van der Waals surface area (Å²) in [5, 5.41) is 27.8. The summed E-state index contributed by atoms with van der Waals surface area (Å²) in [5.74, 6) is -2.66. The first kappa shape index (κ1) is 20.4. The molecule has 0 radical (unpaired) electrons. The number of amidine groups is 1. The minimum absolute atomic E-state index is 0.0335. The predicted molar refractivity (Wildman–Crippen MR) is 99.6 cm³/mol. The Kier molecular flexibility index (Phi) is 6.69. The predicted octanol–water partition coefficient (Wildman–Crippen LogP) is 0.860. The summed E-state index contributed by atoms with van der Waals surface area (Å²) < 4.78 is 5.01. The van der Waals surface area contributed by atoms with E-state index in [0.29, 0.717) is 16.9 Å². The Morgan fingerprint density at radius 3 is 2.07 bits per heavy atom. The van der Waals surface area contributed by atoms with Crippen molar-refractivity contribution >= 4 is 23.7 Å². The Balaban J connectivity index is 2.02. The first-order valence-electron chi connectivity index (χ1n) is 8.18. The monoisotopic (exact) mass is 385 g/mol. The highest BCUT2D eigenvalue weighted by molar-refractivity contribution is 5.99. The third-order valence-corrected chi connectivity index (χ3v) is 3.79. The van der Waals surface area contributed by atoms with E-state index in [1.807, 2.05) is 0 Å². The molecule has 0 saturated heterocycles. The molecule has 0 fully saturated rings. The first-order chi connectivity index (χ1) is 13.3. The van der Waals surface area contributed by atoms with Gasteiger partial charge in [0, 0.05) is 17.5 Å². The molecule has 0 aliphatic rings. The summed E-state index contributed by atoms with van der Waals surface area (Å²) in [7, 11) is 0. The molecule has 0 aliphatic carbocycles. The molecule has 0 unspecified atom stereocenters. The third-order valence-electron chi connectivity index (χ3n) is 3.79. The van der Waals surface area contributed by atoms with Crippen molar-refractivity contribution in [3.8, 4) is 5.75 Å². The van der Waals surface area contributed by atoms with Gasteiger partial charge in [0.25, 0.3) is 5.91 Å². The number of carboxylic acid groups (broad SMARTS) is 2. The Bertz CT molecular complexity index is 878. The van der Waals surface area contributed by atoms with Crippen LogP contribution in [0.1, 0.15) is 21.5 Å². The summed E-state index contributed by atoms with van der Waals surface area (Å²) in [4.78, 5) is 34.3. The highest BCUT2D eigenvalue weighted by atomic mass is 16.5. The normalized spacial score (nSPS) is 11.3. The molecule has 1 amide bonds. The Hall–Kier alpha value is -3.88. The zero-order chi connectivity index (χ0) is 20.7. The maximum absolute atomic E-state index is 12.3. The number of hydrogen-bond acceptors (Lipinski definition) is 5. The van der Waals surface area contributed by atoms with Crippen LogP contribution in [0, 0.1) is 5.41 Å². The molecule has 1 atom stereocenters. The van der Waals surface area contributed by atoms with E-state index in [0.717, 1.165) is 0 Å². The second-order valence-electron chi connectivity index (χ2n) is 5.89. The molecule has 2 aromatic rings. The number of aliphatic carboxylic acids is 2. The SMILES string of the molecule is N=C(N)c1ccc(C(=O)N[C@H](Cc2ccc(OCC(=O)O)cc2)C(=O)O)cc1. The molecule has 0 heterocycles. The lowest BCUT2D eigenvalue weighted by Gasteiger charge is -2.15. The van der Waals surface area contributed by atoms with E-state index in [2.05, 4.69) is 5.32 Å². The van der Waals surface area contributed by atoms with Gasteiger partial charge in [0.2, 0.25) is 0 Å². The average molecular weight is 385 g/mol. The van der Waals surface area contributed by atoms with Crippen LogP contribution in [0.15, 0.2) is 48.5 Å². The Morgan fingerprint density at radius 2 is 1.57 bits per heavy atom. The summed E-state index contributed by atoms with van der Waals surface area (Å²) in [6.45, 7) is -0.477. The van der Waals surface area contributed by atoms with Crippen molar-refractivity contribution in [2.45, 2.75) is 12.5 Å². The number of carbonyl (C=O) groups is 3. The molecule has 0 aliphatic heterocycles. The molecule has 0 spiro atoms. The lowest BCUT2D eigenvalue weighted by Crippen LogP contribution is -2.42. The van der Waals surface area contributed by atoms with Crippen molar-refractivity contribution in [2.24, 2.45) is 5.73 Å². The van der Waals surface area contributed by atoms with Gasteiger partial charge in [-0.1, -0.05) is 24.3 Å². The van der Waals surface area contributed by atoms with Crippen molar-refractivity contribution in [2.75, 3.05) is 6.61 Å². The van der Waals surface area contributed by atoms with Gasteiger partial charge in [-0.05, 0) is 29.8 Å². The van der Waals surface area contributed by atoms with Gasteiger partial charge < -0.3 is 26.0 Å². The Labute approximate surface area is 160 Å². The minimum Gasteiger partial charge on any atom is -0.482 e. The number of nitrogen functional groups attached to an aromatic ring is 1. The van der Waals surface area contributed by atoms with Crippen molar-refractivity contribution in [3.05, 3.63) is 65.2 Å². The van der Waals surface area contributed by atoms with Gasteiger partial charge in [-0.2, -0.15) is 0 Å². The van der Waals surface area contributed by atoms with Crippen LogP contribution in [0.25, 0.3) is 0 Å². The number of nitrogens with two attached hydrogens (primary N) is 1. The lowest BCUT2D eigenvalue weighted by atomic mass is 10.0. The number of rotatable bonds is 9. The van der Waals surface area contributed by atoms with Crippen LogP contribution < -0.4 is 15.8 Å². The van der Waals surface area contributed by atoms with Gasteiger partial charge in [-0.15, -0.1) is 0 Å². The highest BCUT2D eigenvalue weighted by Gasteiger charge is 2.21. The molecular weight excluding hydrogens is 366 g/mol. The largest absolute Gasteiger partial charge is 0.482 e. The minimum atomic E-state index is -1.19. The number of ether oxygens (including phenoxy) is 1. The molecule has 2 rings (SSSR count). The van der Waals surface area contributed by atoms with Crippen molar-refractivity contribution in [1.29, 1.82) is 5.41 Å². The van der Waals surface area contributed by atoms with Crippen molar-refractivity contribution in [1.82, 2.24) is 5.32 Å². The van der Waals surface area contributed by atoms with E-state index in [-0.39, 0.29) is 17.8 Å². The zero-order valence-electron chi connectivity index (χ0n) is 14.7. The molecule has 9 nitrogen and oxygen atoms in total. The smallest absolute Gasteiger partial charge is 0.341 e. The second-order valence-corrected chi connectivity index (χ2v) is 5.89. The van der Waals surface area contributed by atoms with Crippen LogP contribution >= 0.6 is 0 Å². The zero-order valence-corrected chi connectivity index (χ0v) is 14.7. The number of nitrogens with one attached hydrogen (secondary N) is 2. The van der Waals surface area contributed by atoms with Crippen molar-refractivity contribution < 1.29 is 29.3 Å². The molecular formula is C19H19N3O6. The van der Waals surface area contributed by atoms with E-state index in [1.165, 1.54) is 36.4 Å². The molecule has 0 saturated carbocycles. The molecule has 6 N–H and O–H groups in total. The van der Waals surface area contributed by atoms with Crippen LogP contribution in [0.3, 0.4) is 0 Å². The Morgan fingerprint density at radius 1 is 1.00 bits per heavy atom. The molecule has 0 bridgehead atoms. The number of carboxylic acids is 2. The first-order valence-corrected chi connectivity index (χ1v) is 8.18. The summed E-state index contributed by atoms with van der Waals surface area (Å²) in [6, 6.07) is 11.0. The molecule has 9 heteroatoms. The fourth-order valence-corrected chi connectivity index (χ4v) is 2.35. The maximum atomic E-state index is 12.3. The molecule has 146 valence electrons. The summed E-state index contributed by atoms with van der Waals surface area (Å²) in [6.07, 6.45) is 0.0335. The van der Waals surface area contributed by atoms with Crippen LogP contribution in [0.4, 0.5) is 0 Å². The number of hydrogen-bond donors (Lipinski definition) is 5.